The predicted molar refractivity (Wildman–Crippen MR) is 105 cm³/mol. The minimum Gasteiger partial charge on any atom is -0.376 e. The first-order valence-corrected chi connectivity index (χ1v) is 10.3. The Bertz CT molecular complexity index is 809. The van der Waals surface area contributed by atoms with Crippen LogP contribution in [-0.2, 0) is 22.5 Å². The lowest BCUT2D eigenvalue weighted by Crippen LogP contribution is -2.29. The number of nitrogens with zero attached hydrogens (tertiary/aromatic N) is 2. The third kappa shape index (κ3) is 5.23. The first-order chi connectivity index (χ1) is 13.1. The molecular weight excluding hydrogens is 364 g/mol. The number of aromatic nitrogens is 3. The summed E-state index contributed by atoms with van der Waals surface area (Å²) >= 11 is 1.26. The Morgan fingerprint density at radius 3 is 2.89 bits per heavy atom. The fourth-order valence-electron chi connectivity index (χ4n) is 3.10. The fourth-order valence-corrected chi connectivity index (χ4v) is 3.87. The molecule has 7 nitrogen and oxygen atoms in total. The molecule has 1 aromatic heterocycles. The largest absolute Gasteiger partial charge is 0.376 e. The van der Waals surface area contributed by atoms with E-state index in [4.69, 9.17) is 4.74 Å². The van der Waals surface area contributed by atoms with E-state index in [0.29, 0.717) is 11.7 Å². The summed E-state index contributed by atoms with van der Waals surface area (Å²) in [7, 11) is 0. The van der Waals surface area contributed by atoms with Crippen LogP contribution in [0.1, 0.15) is 43.9 Å². The lowest BCUT2D eigenvalue weighted by molar-refractivity contribution is -0.119. The van der Waals surface area contributed by atoms with Crippen molar-refractivity contribution >= 4 is 17.7 Å². The average Bonchev–Trinajstić information content (AvgIpc) is 3.31. The van der Waals surface area contributed by atoms with Crippen molar-refractivity contribution in [3.8, 4) is 0 Å². The number of amides is 1. The van der Waals surface area contributed by atoms with E-state index in [2.05, 4.69) is 34.6 Å². The van der Waals surface area contributed by atoms with Crippen molar-refractivity contribution in [3.05, 3.63) is 45.9 Å². The van der Waals surface area contributed by atoms with Crippen LogP contribution in [0.3, 0.4) is 0 Å². The number of carbonyl (C=O) groups is 1. The Labute approximate surface area is 162 Å². The van der Waals surface area contributed by atoms with E-state index < -0.39 is 0 Å². The summed E-state index contributed by atoms with van der Waals surface area (Å²) < 4.78 is 7.15. The van der Waals surface area contributed by atoms with E-state index in [1.165, 1.54) is 17.3 Å². The number of thioether (sulfide) groups is 1. The second-order valence-corrected chi connectivity index (χ2v) is 7.67. The molecule has 1 aliphatic heterocycles. The van der Waals surface area contributed by atoms with Gasteiger partial charge in [0, 0.05) is 6.61 Å². The van der Waals surface area contributed by atoms with Crippen molar-refractivity contribution in [2.24, 2.45) is 0 Å². The molecule has 3 rings (SSSR count). The van der Waals surface area contributed by atoms with Crippen molar-refractivity contribution in [3.63, 3.8) is 0 Å². The highest BCUT2D eigenvalue weighted by Gasteiger charge is 2.20. The van der Waals surface area contributed by atoms with Crippen LogP contribution >= 0.6 is 11.8 Å². The number of carbonyl (C=O) groups excluding carboxylic acids is 1. The van der Waals surface area contributed by atoms with E-state index in [1.807, 2.05) is 19.1 Å². The van der Waals surface area contributed by atoms with Crippen molar-refractivity contribution in [2.45, 2.75) is 57.0 Å². The number of benzene rings is 1. The van der Waals surface area contributed by atoms with Crippen LogP contribution in [-0.4, -0.2) is 39.1 Å². The van der Waals surface area contributed by atoms with Crippen molar-refractivity contribution in [1.82, 2.24) is 20.1 Å². The topological polar surface area (TPSA) is 89.0 Å². The van der Waals surface area contributed by atoms with E-state index in [9.17, 15) is 9.59 Å². The first kappa shape index (κ1) is 19.7. The van der Waals surface area contributed by atoms with E-state index in [-0.39, 0.29) is 29.5 Å². The average molecular weight is 391 g/mol. The highest BCUT2D eigenvalue weighted by Crippen LogP contribution is 2.19. The van der Waals surface area contributed by atoms with Crippen molar-refractivity contribution in [1.29, 1.82) is 0 Å². The SMILES string of the molecule is CCc1ccc(C(C)NC(=O)CSc2n[nH]c(=O)n2CC2CCCO2)cc1. The second-order valence-electron chi connectivity index (χ2n) is 6.73. The molecule has 27 heavy (non-hydrogen) atoms. The minimum atomic E-state index is -0.266. The van der Waals surface area contributed by atoms with Gasteiger partial charge in [0.05, 0.1) is 24.4 Å². The molecule has 2 heterocycles. The Hall–Kier alpha value is -2.06. The molecule has 0 spiro atoms. The van der Waals surface area contributed by atoms with Gasteiger partial charge in [0.25, 0.3) is 0 Å². The van der Waals surface area contributed by atoms with Crippen molar-refractivity contribution in [2.75, 3.05) is 12.4 Å². The number of nitrogens with one attached hydrogen (secondary N) is 2. The maximum atomic E-state index is 12.3. The van der Waals surface area contributed by atoms with E-state index in [0.717, 1.165) is 31.4 Å². The summed E-state index contributed by atoms with van der Waals surface area (Å²) in [5, 5.41) is 10.0. The third-order valence-corrected chi connectivity index (χ3v) is 5.71. The van der Waals surface area contributed by atoms with Gasteiger partial charge in [0.2, 0.25) is 5.91 Å². The Morgan fingerprint density at radius 1 is 1.44 bits per heavy atom. The molecule has 0 radical (unpaired) electrons. The zero-order valence-corrected chi connectivity index (χ0v) is 16.6. The van der Waals surface area contributed by atoms with Gasteiger partial charge in [-0.1, -0.05) is 43.0 Å². The fraction of sp³-hybridized carbons (Fsp3) is 0.526. The van der Waals surface area contributed by atoms with Crippen molar-refractivity contribution < 1.29 is 9.53 Å². The summed E-state index contributed by atoms with van der Waals surface area (Å²) in [6.45, 7) is 5.29. The molecule has 0 bridgehead atoms. The summed E-state index contributed by atoms with van der Waals surface area (Å²) in [5.74, 6) is 0.110. The smallest absolute Gasteiger partial charge is 0.344 e. The molecule has 8 heteroatoms. The van der Waals surface area contributed by atoms with Gasteiger partial charge in [-0.2, -0.15) is 0 Å². The lowest BCUT2D eigenvalue weighted by atomic mass is 10.1. The highest BCUT2D eigenvalue weighted by molar-refractivity contribution is 7.99. The Kier molecular flexibility index (Phi) is 6.73. The molecule has 1 aromatic carbocycles. The lowest BCUT2D eigenvalue weighted by Gasteiger charge is -2.15. The van der Waals surface area contributed by atoms with Gasteiger partial charge in [-0.3, -0.25) is 9.36 Å². The van der Waals surface area contributed by atoms with Crippen LogP contribution in [0.5, 0.6) is 0 Å². The van der Waals surface area contributed by atoms with Crippen LogP contribution in [0.15, 0.2) is 34.2 Å². The molecule has 2 aromatic rings. The molecule has 0 aliphatic carbocycles. The van der Waals surface area contributed by atoms with Crippen LogP contribution in [0.2, 0.25) is 0 Å². The maximum Gasteiger partial charge on any atom is 0.344 e. The van der Waals surface area contributed by atoms with Gasteiger partial charge < -0.3 is 10.1 Å². The maximum absolute atomic E-state index is 12.3. The summed E-state index contributed by atoms with van der Waals surface area (Å²) in [4.78, 5) is 24.3. The predicted octanol–water partition coefficient (Wildman–Crippen LogP) is 2.28. The number of aromatic amines is 1. The molecule has 2 N–H and O–H groups in total. The number of H-pyrrole nitrogens is 1. The highest BCUT2D eigenvalue weighted by atomic mass is 32.2. The van der Waals surface area contributed by atoms with Crippen LogP contribution in [0.25, 0.3) is 0 Å². The Balaban J connectivity index is 1.53. The summed E-state index contributed by atoms with van der Waals surface area (Å²) in [6.07, 6.45) is 2.99. The van der Waals surface area contributed by atoms with Gasteiger partial charge in [0.1, 0.15) is 0 Å². The standard InChI is InChI=1S/C19H26N4O3S/c1-3-14-6-8-15(9-7-14)13(2)20-17(24)12-27-19-22-21-18(25)23(19)11-16-5-4-10-26-16/h6-9,13,16H,3-5,10-12H2,1-2H3,(H,20,24)(H,21,25). The van der Waals surface area contributed by atoms with Gasteiger partial charge >= 0.3 is 5.69 Å². The Morgan fingerprint density at radius 2 is 2.22 bits per heavy atom. The van der Waals surface area contributed by atoms with Gasteiger partial charge in [-0.25, -0.2) is 9.89 Å². The van der Waals surface area contributed by atoms with E-state index >= 15 is 0 Å². The number of aryl methyl sites for hydroxylation is 1. The van der Waals surface area contributed by atoms with E-state index in [1.54, 1.807) is 4.57 Å². The molecule has 1 saturated heterocycles. The monoisotopic (exact) mass is 390 g/mol. The van der Waals surface area contributed by atoms with Gasteiger partial charge in [-0.05, 0) is 37.3 Å². The molecule has 1 amide bonds. The number of ether oxygens (including phenoxy) is 1. The molecule has 2 atom stereocenters. The summed E-state index contributed by atoms with van der Waals surface area (Å²) in [6, 6.07) is 8.19. The van der Waals surface area contributed by atoms with Gasteiger partial charge in [0.15, 0.2) is 5.16 Å². The number of hydrogen-bond donors (Lipinski definition) is 2. The second kappa shape index (κ2) is 9.23. The third-order valence-electron chi connectivity index (χ3n) is 4.73. The number of hydrogen-bond acceptors (Lipinski definition) is 5. The molecule has 146 valence electrons. The van der Waals surface area contributed by atoms with Gasteiger partial charge in [-0.15, -0.1) is 5.10 Å². The zero-order valence-electron chi connectivity index (χ0n) is 15.7. The number of rotatable bonds is 8. The molecule has 1 aliphatic rings. The van der Waals surface area contributed by atoms with Crippen LogP contribution in [0, 0.1) is 0 Å². The molecule has 1 fully saturated rings. The zero-order chi connectivity index (χ0) is 19.2. The first-order valence-electron chi connectivity index (χ1n) is 9.34. The summed E-state index contributed by atoms with van der Waals surface area (Å²) in [5.41, 5.74) is 2.08. The normalized spacial score (nSPS) is 17.8. The molecular formula is C19H26N4O3S. The molecule has 2 unspecified atom stereocenters. The van der Waals surface area contributed by atoms with Crippen LogP contribution in [0.4, 0.5) is 0 Å². The minimum absolute atomic E-state index is 0.0413. The molecule has 0 saturated carbocycles. The van der Waals surface area contributed by atoms with Crippen LogP contribution < -0.4 is 11.0 Å². The quantitative estimate of drug-likeness (QED) is 0.675.